The Balaban J connectivity index is 1.67. The van der Waals surface area contributed by atoms with Crippen LogP contribution in [0.5, 0.6) is 0 Å². The fourth-order valence-corrected chi connectivity index (χ4v) is 2.60. The number of aryl methyl sites for hydroxylation is 1. The Morgan fingerprint density at radius 1 is 1.20 bits per heavy atom. The summed E-state index contributed by atoms with van der Waals surface area (Å²) in [7, 11) is 0. The largest absolute Gasteiger partial charge is 0.481 e. The number of benzene rings is 1. The monoisotopic (exact) mass is 275 g/mol. The summed E-state index contributed by atoms with van der Waals surface area (Å²) in [6.45, 7) is 0.601. The fraction of sp³-hybridized carbons (Fsp3) is 0.500. The van der Waals surface area contributed by atoms with Gasteiger partial charge in [0.2, 0.25) is 5.91 Å². The number of carbonyl (C=O) groups excluding carboxylic acids is 1. The van der Waals surface area contributed by atoms with E-state index in [2.05, 4.69) is 17.4 Å². The van der Waals surface area contributed by atoms with Crippen molar-refractivity contribution in [2.24, 2.45) is 5.41 Å². The van der Waals surface area contributed by atoms with Crippen molar-refractivity contribution < 1.29 is 14.7 Å². The van der Waals surface area contributed by atoms with Crippen molar-refractivity contribution >= 4 is 11.9 Å². The topological polar surface area (TPSA) is 66.4 Å². The quantitative estimate of drug-likeness (QED) is 0.751. The minimum absolute atomic E-state index is 0.119. The van der Waals surface area contributed by atoms with E-state index in [4.69, 9.17) is 0 Å². The minimum Gasteiger partial charge on any atom is -0.481 e. The van der Waals surface area contributed by atoms with Crippen molar-refractivity contribution in [1.29, 1.82) is 0 Å². The summed E-state index contributed by atoms with van der Waals surface area (Å²) in [6, 6.07) is 10.1. The lowest BCUT2D eigenvalue weighted by Gasteiger charge is -2.36. The molecule has 0 aromatic heterocycles. The zero-order valence-corrected chi connectivity index (χ0v) is 11.6. The number of aliphatic carboxylic acids is 1. The molecule has 0 spiro atoms. The van der Waals surface area contributed by atoms with Gasteiger partial charge in [0.15, 0.2) is 0 Å². The average molecular weight is 275 g/mol. The summed E-state index contributed by atoms with van der Waals surface area (Å²) in [5.74, 6) is -0.969. The van der Waals surface area contributed by atoms with E-state index in [1.807, 2.05) is 18.2 Å². The summed E-state index contributed by atoms with van der Waals surface area (Å²) >= 11 is 0. The van der Waals surface area contributed by atoms with Crippen molar-refractivity contribution in [3.05, 3.63) is 35.9 Å². The van der Waals surface area contributed by atoms with Crippen LogP contribution in [0.2, 0.25) is 0 Å². The SMILES string of the molecule is O=C(CC1(C(=O)O)CCC1)NCCCc1ccccc1. The molecule has 2 N–H and O–H groups in total. The van der Waals surface area contributed by atoms with Gasteiger partial charge in [0.05, 0.1) is 5.41 Å². The van der Waals surface area contributed by atoms with Crippen LogP contribution in [0.25, 0.3) is 0 Å². The molecular weight excluding hydrogens is 254 g/mol. The Kier molecular flexibility index (Phi) is 4.77. The molecule has 1 amide bonds. The summed E-state index contributed by atoms with van der Waals surface area (Å²) < 4.78 is 0. The predicted molar refractivity (Wildman–Crippen MR) is 76.3 cm³/mol. The Hall–Kier alpha value is -1.84. The van der Waals surface area contributed by atoms with Gasteiger partial charge in [-0.25, -0.2) is 0 Å². The van der Waals surface area contributed by atoms with Gasteiger partial charge < -0.3 is 10.4 Å². The number of nitrogens with one attached hydrogen (secondary N) is 1. The van der Waals surface area contributed by atoms with Crippen LogP contribution >= 0.6 is 0 Å². The Bertz CT molecular complexity index is 466. The van der Waals surface area contributed by atoms with Crippen molar-refractivity contribution in [3.8, 4) is 0 Å². The van der Waals surface area contributed by atoms with E-state index in [1.54, 1.807) is 0 Å². The number of hydrogen-bond acceptors (Lipinski definition) is 2. The number of amides is 1. The van der Waals surface area contributed by atoms with Crippen molar-refractivity contribution in [2.45, 2.75) is 38.5 Å². The second-order valence-electron chi connectivity index (χ2n) is 5.55. The Morgan fingerprint density at radius 2 is 1.90 bits per heavy atom. The highest BCUT2D eigenvalue weighted by Gasteiger charge is 2.45. The first kappa shape index (κ1) is 14.6. The highest BCUT2D eigenvalue weighted by atomic mass is 16.4. The van der Waals surface area contributed by atoms with Gasteiger partial charge in [0.25, 0.3) is 0 Å². The van der Waals surface area contributed by atoms with Gasteiger partial charge in [0, 0.05) is 13.0 Å². The Labute approximate surface area is 119 Å². The number of rotatable bonds is 7. The molecule has 1 fully saturated rings. The molecular formula is C16H21NO3. The molecule has 4 heteroatoms. The van der Waals surface area contributed by atoms with Crippen molar-refractivity contribution in [3.63, 3.8) is 0 Å². The van der Waals surface area contributed by atoms with Gasteiger partial charge in [-0.1, -0.05) is 36.8 Å². The lowest BCUT2D eigenvalue weighted by Crippen LogP contribution is -2.42. The molecule has 1 aliphatic carbocycles. The first-order valence-corrected chi connectivity index (χ1v) is 7.16. The van der Waals surface area contributed by atoms with E-state index in [1.165, 1.54) is 5.56 Å². The van der Waals surface area contributed by atoms with Crippen LogP contribution in [-0.4, -0.2) is 23.5 Å². The van der Waals surface area contributed by atoms with Gasteiger partial charge in [-0.05, 0) is 31.2 Å². The van der Waals surface area contributed by atoms with Gasteiger partial charge in [0.1, 0.15) is 0 Å². The molecule has 0 aliphatic heterocycles. The molecule has 2 rings (SSSR count). The fourth-order valence-electron chi connectivity index (χ4n) is 2.60. The second-order valence-corrected chi connectivity index (χ2v) is 5.55. The van der Waals surface area contributed by atoms with Crippen molar-refractivity contribution in [2.75, 3.05) is 6.54 Å². The van der Waals surface area contributed by atoms with Crippen LogP contribution in [0, 0.1) is 5.41 Å². The molecule has 4 nitrogen and oxygen atoms in total. The third-order valence-electron chi connectivity index (χ3n) is 4.07. The van der Waals surface area contributed by atoms with E-state index in [-0.39, 0.29) is 12.3 Å². The molecule has 20 heavy (non-hydrogen) atoms. The summed E-state index contributed by atoms with van der Waals surface area (Å²) in [6.07, 6.45) is 4.07. The maximum absolute atomic E-state index is 11.8. The van der Waals surface area contributed by atoms with Crippen LogP contribution in [0.1, 0.15) is 37.7 Å². The summed E-state index contributed by atoms with van der Waals surface area (Å²) in [5, 5.41) is 12.0. The highest BCUT2D eigenvalue weighted by Crippen LogP contribution is 2.44. The smallest absolute Gasteiger partial charge is 0.310 e. The molecule has 108 valence electrons. The molecule has 0 bridgehead atoms. The lowest BCUT2D eigenvalue weighted by molar-refractivity contribution is -0.157. The van der Waals surface area contributed by atoms with Gasteiger partial charge in [-0.2, -0.15) is 0 Å². The number of carboxylic acid groups (broad SMARTS) is 1. The normalized spacial score (nSPS) is 16.2. The van der Waals surface area contributed by atoms with E-state index in [9.17, 15) is 14.7 Å². The zero-order valence-electron chi connectivity index (χ0n) is 11.6. The molecule has 0 unspecified atom stereocenters. The van der Waals surface area contributed by atoms with Crippen LogP contribution in [0.3, 0.4) is 0 Å². The maximum Gasteiger partial charge on any atom is 0.310 e. The molecule has 0 atom stereocenters. The molecule has 1 saturated carbocycles. The van der Waals surface area contributed by atoms with Crippen LogP contribution in [-0.2, 0) is 16.0 Å². The second kappa shape index (κ2) is 6.55. The number of hydrogen-bond donors (Lipinski definition) is 2. The maximum atomic E-state index is 11.8. The molecule has 0 heterocycles. The van der Waals surface area contributed by atoms with Gasteiger partial charge in [-0.3, -0.25) is 9.59 Å². The highest BCUT2D eigenvalue weighted by molar-refractivity contribution is 5.85. The van der Waals surface area contributed by atoms with Crippen molar-refractivity contribution in [1.82, 2.24) is 5.32 Å². The first-order valence-electron chi connectivity index (χ1n) is 7.16. The third-order valence-corrected chi connectivity index (χ3v) is 4.07. The third kappa shape index (κ3) is 3.59. The number of carbonyl (C=O) groups is 2. The summed E-state index contributed by atoms with van der Waals surface area (Å²) in [5.41, 5.74) is 0.464. The van der Waals surface area contributed by atoms with Crippen LogP contribution in [0.15, 0.2) is 30.3 Å². The molecule has 1 aromatic rings. The predicted octanol–water partition coefficient (Wildman–Crippen LogP) is 2.38. The van der Waals surface area contributed by atoms with Crippen LogP contribution < -0.4 is 5.32 Å². The van der Waals surface area contributed by atoms with E-state index in [0.717, 1.165) is 19.3 Å². The average Bonchev–Trinajstić information content (AvgIpc) is 2.40. The molecule has 1 aliphatic rings. The standard InChI is InChI=1S/C16H21NO3/c18-14(12-16(15(19)20)9-5-10-16)17-11-4-8-13-6-2-1-3-7-13/h1-3,6-7H,4-5,8-12H2,(H,17,18)(H,19,20). The first-order chi connectivity index (χ1) is 9.62. The number of carboxylic acids is 1. The molecule has 1 aromatic carbocycles. The Morgan fingerprint density at radius 3 is 2.45 bits per heavy atom. The van der Waals surface area contributed by atoms with Gasteiger partial charge >= 0.3 is 5.97 Å². The summed E-state index contributed by atoms with van der Waals surface area (Å²) in [4.78, 5) is 23.0. The molecule has 0 radical (unpaired) electrons. The lowest BCUT2D eigenvalue weighted by atomic mass is 9.66. The van der Waals surface area contributed by atoms with E-state index < -0.39 is 11.4 Å². The zero-order chi connectivity index (χ0) is 14.4. The van der Waals surface area contributed by atoms with E-state index >= 15 is 0 Å². The van der Waals surface area contributed by atoms with Crippen LogP contribution in [0.4, 0.5) is 0 Å². The van der Waals surface area contributed by atoms with Gasteiger partial charge in [-0.15, -0.1) is 0 Å². The minimum atomic E-state index is -0.830. The van der Waals surface area contributed by atoms with E-state index in [0.29, 0.717) is 19.4 Å². The molecule has 0 saturated heterocycles.